The molecule has 17 heavy (non-hydrogen) atoms. The third-order valence-corrected chi connectivity index (χ3v) is 2.65. The minimum Gasteiger partial charge on any atom is -0.361 e. The van der Waals surface area contributed by atoms with Crippen molar-refractivity contribution < 1.29 is 39.5 Å². The Hall–Kier alpha value is -0.220. The Labute approximate surface area is 97.1 Å². The molecule has 0 unspecified atom stereocenters. The van der Waals surface area contributed by atoms with Crippen LogP contribution >= 0.6 is 10.7 Å². The smallest absolute Gasteiger partial charge is 0.361 e. The predicted molar refractivity (Wildman–Crippen MR) is 46.1 cm³/mol. The lowest BCUT2D eigenvalue weighted by molar-refractivity contribution is -0.321. The molecule has 0 N–H and O–H groups in total. The van der Waals surface area contributed by atoms with E-state index in [1.807, 2.05) is 0 Å². The van der Waals surface area contributed by atoms with Gasteiger partial charge in [-0.15, -0.1) is 0 Å². The van der Waals surface area contributed by atoms with Crippen molar-refractivity contribution in [3.05, 3.63) is 0 Å². The second kappa shape index (κ2) is 5.61. The summed E-state index contributed by atoms with van der Waals surface area (Å²) in [5, 5.41) is 0. The monoisotopic (exact) mass is 308 g/mol. The number of rotatable bonds is 5. The maximum Gasteiger partial charge on any atom is 0.423 e. The number of hydrogen-bond acceptors (Lipinski definition) is 3. The fourth-order valence-electron chi connectivity index (χ4n) is 0.807. The molecule has 0 atom stereocenters. The fourth-order valence-corrected chi connectivity index (χ4v) is 1.60. The summed E-state index contributed by atoms with van der Waals surface area (Å²) in [6.45, 7) is -1.02. The molecule has 0 aromatic heterocycles. The zero-order valence-corrected chi connectivity index (χ0v) is 9.55. The third kappa shape index (κ3) is 7.66. The van der Waals surface area contributed by atoms with Crippen molar-refractivity contribution in [1.82, 2.24) is 0 Å². The molecule has 11 heteroatoms. The SMILES string of the molecule is O=S(=O)(Cl)CCCOC(C(F)(F)F)C(F)(F)F. The molecule has 0 aliphatic heterocycles. The highest BCUT2D eigenvalue weighted by atomic mass is 35.7. The zero-order chi connectivity index (χ0) is 13.9. The van der Waals surface area contributed by atoms with E-state index in [1.54, 1.807) is 0 Å². The van der Waals surface area contributed by atoms with Crippen molar-refractivity contribution in [1.29, 1.82) is 0 Å². The zero-order valence-electron chi connectivity index (χ0n) is 7.98. The van der Waals surface area contributed by atoms with Gasteiger partial charge in [-0.2, -0.15) is 26.3 Å². The lowest BCUT2D eigenvalue weighted by Gasteiger charge is -2.22. The molecule has 104 valence electrons. The number of hydrogen-bond donors (Lipinski definition) is 0. The van der Waals surface area contributed by atoms with Crippen LogP contribution in [0.3, 0.4) is 0 Å². The Morgan fingerprint density at radius 3 is 1.76 bits per heavy atom. The fraction of sp³-hybridized carbons (Fsp3) is 1.00. The maximum absolute atomic E-state index is 11.9. The largest absolute Gasteiger partial charge is 0.423 e. The molecule has 0 radical (unpaired) electrons. The van der Waals surface area contributed by atoms with E-state index in [4.69, 9.17) is 10.7 Å². The first-order chi connectivity index (χ1) is 7.34. The van der Waals surface area contributed by atoms with Gasteiger partial charge in [0.05, 0.1) is 5.75 Å². The van der Waals surface area contributed by atoms with E-state index in [0.717, 1.165) is 0 Å². The molecule has 0 rings (SSSR count). The topological polar surface area (TPSA) is 43.4 Å². The molecule has 0 aromatic carbocycles. The molecule has 0 heterocycles. The molecule has 0 spiro atoms. The van der Waals surface area contributed by atoms with E-state index in [2.05, 4.69) is 4.74 Å². The van der Waals surface area contributed by atoms with E-state index in [1.165, 1.54) is 0 Å². The van der Waals surface area contributed by atoms with Gasteiger partial charge in [0.15, 0.2) is 0 Å². The second-order valence-corrected chi connectivity index (χ2v) is 5.83. The van der Waals surface area contributed by atoms with E-state index >= 15 is 0 Å². The highest BCUT2D eigenvalue weighted by Crippen LogP contribution is 2.35. The molecule has 3 nitrogen and oxygen atoms in total. The van der Waals surface area contributed by atoms with Crippen LogP contribution in [-0.2, 0) is 13.8 Å². The van der Waals surface area contributed by atoms with Crippen LogP contribution in [0.15, 0.2) is 0 Å². The summed E-state index contributed by atoms with van der Waals surface area (Å²) >= 11 is 0. The van der Waals surface area contributed by atoms with Crippen molar-refractivity contribution in [2.24, 2.45) is 0 Å². The molecule has 0 bridgehead atoms. The van der Waals surface area contributed by atoms with Gasteiger partial charge in [0.25, 0.3) is 0 Å². The summed E-state index contributed by atoms with van der Waals surface area (Å²) in [5.74, 6) is -0.767. The molecule has 0 saturated carbocycles. The average Bonchev–Trinajstić information content (AvgIpc) is 1.95. The molecule has 0 aromatic rings. The number of alkyl halides is 6. The first kappa shape index (κ1) is 16.8. The van der Waals surface area contributed by atoms with Crippen LogP contribution in [-0.4, -0.2) is 39.2 Å². The minimum absolute atomic E-state index is 0.561. The summed E-state index contributed by atoms with van der Waals surface area (Å²) < 4.78 is 95.6. The Morgan fingerprint density at radius 1 is 1.06 bits per heavy atom. The van der Waals surface area contributed by atoms with Crippen LogP contribution in [0.25, 0.3) is 0 Å². The summed E-state index contributed by atoms with van der Waals surface area (Å²) in [6, 6.07) is 0. The van der Waals surface area contributed by atoms with Gasteiger partial charge in [-0.1, -0.05) is 0 Å². The first-order valence-electron chi connectivity index (χ1n) is 4.01. The van der Waals surface area contributed by atoms with Crippen LogP contribution in [0, 0.1) is 0 Å². The van der Waals surface area contributed by atoms with Crippen LogP contribution in [0.5, 0.6) is 0 Å². The third-order valence-electron chi connectivity index (χ3n) is 1.41. The van der Waals surface area contributed by atoms with E-state index in [0.29, 0.717) is 0 Å². The Bertz CT molecular complexity index is 321. The molecular formula is C6H7ClF6O3S. The van der Waals surface area contributed by atoms with Crippen molar-refractivity contribution in [3.8, 4) is 0 Å². The Morgan fingerprint density at radius 2 is 1.47 bits per heavy atom. The Balaban J connectivity index is 4.31. The summed E-state index contributed by atoms with van der Waals surface area (Å²) in [5.41, 5.74) is 0. The second-order valence-electron chi connectivity index (χ2n) is 2.93. The summed E-state index contributed by atoms with van der Waals surface area (Å²) in [7, 11) is 0.737. The highest BCUT2D eigenvalue weighted by molar-refractivity contribution is 8.13. The average molecular weight is 309 g/mol. The highest BCUT2D eigenvalue weighted by Gasteiger charge is 2.57. The van der Waals surface area contributed by atoms with Crippen LogP contribution in [0.4, 0.5) is 26.3 Å². The van der Waals surface area contributed by atoms with E-state index in [-0.39, 0.29) is 0 Å². The number of ether oxygens (including phenoxy) is 1. The van der Waals surface area contributed by atoms with Crippen molar-refractivity contribution >= 4 is 19.7 Å². The van der Waals surface area contributed by atoms with E-state index < -0.39 is 46.3 Å². The summed E-state index contributed by atoms with van der Waals surface area (Å²) in [6.07, 6.45) is -15.7. The van der Waals surface area contributed by atoms with Crippen molar-refractivity contribution in [2.45, 2.75) is 24.9 Å². The normalized spacial score (nSPS) is 14.4. The van der Waals surface area contributed by atoms with Crippen LogP contribution in [0.1, 0.15) is 6.42 Å². The van der Waals surface area contributed by atoms with Gasteiger partial charge < -0.3 is 4.74 Å². The van der Waals surface area contributed by atoms with Gasteiger partial charge in [0.2, 0.25) is 15.2 Å². The molecule has 0 aliphatic rings. The van der Waals surface area contributed by atoms with Gasteiger partial charge in [0, 0.05) is 17.3 Å². The van der Waals surface area contributed by atoms with Gasteiger partial charge in [-0.25, -0.2) is 8.42 Å². The maximum atomic E-state index is 11.9. The van der Waals surface area contributed by atoms with Gasteiger partial charge in [-0.3, -0.25) is 0 Å². The molecule has 0 amide bonds. The molecule has 0 aliphatic carbocycles. The summed E-state index contributed by atoms with van der Waals surface area (Å²) in [4.78, 5) is 0. The van der Waals surface area contributed by atoms with Crippen molar-refractivity contribution in [2.75, 3.05) is 12.4 Å². The molecular weight excluding hydrogens is 302 g/mol. The van der Waals surface area contributed by atoms with Gasteiger partial charge in [0.1, 0.15) is 0 Å². The molecule has 0 fully saturated rings. The first-order valence-corrected chi connectivity index (χ1v) is 6.49. The lowest BCUT2D eigenvalue weighted by atomic mass is 10.3. The standard InChI is InChI=1S/C6H7ClF6O3S/c7-17(14,15)3-1-2-16-4(5(8,9)10)6(11,12)13/h4H,1-3H2. The predicted octanol–water partition coefficient (Wildman–Crippen LogP) is 2.45. The van der Waals surface area contributed by atoms with Gasteiger partial charge in [-0.05, 0) is 6.42 Å². The Kier molecular flexibility index (Phi) is 5.54. The van der Waals surface area contributed by atoms with Crippen LogP contribution < -0.4 is 0 Å². The van der Waals surface area contributed by atoms with E-state index in [9.17, 15) is 34.8 Å². The van der Waals surface area contributed by atoms with Crippen LogP contribution in [0.2, 0.25) is 0 Å². The van der Waals surface area contributed by atoms with Crippen molar-refractivity contribution in [3.63, 3.8) is 0 Å². The molecule has 0 saturated heterocycles. The lowest BCUT2D eigenvalue weighted by Crippen LogP contribution is -2.44. The minimum atomic E-state index is -5.60. The quantitative estimate of drug-likeness (QED) is 0.445. The van der Waals surface area contributed by atoms with Gasteiger partial charge >= 0.3 is 12.4 Å². The number of halogens is 7.